The highest BCUT2D eigenvalue weighted by atomic mass is 16.5. The minimum Gasteiger partial charge on any atom is -0.497 e. The summed E-state index contributed by atoms with van der Waals surface area (Å²) in [7, 11) is 3.03. The predicted octanol–water partition coefficient (Wildman–Crippen LogP) is 4.42. The van der Waals surface area contributed by atoms with E-state index in [1.54, 1.807) is 19.4 Å². The lowest BCUT2D eigenvalue weighted by atomic mass is 10.00. The van der Waals surface area contributed by atoms with Gasteiger partial charge in [0.1, 0.15) is 16.9 Å². The number of pyridine rings is 2. The van der Waals surface area contributed by atoms with Crippen molar-refractivity contribution in [3.8, 4) is 5.75 Å². The van der Waals surface area contributed by atoms with Gasteiger partial charge in [0, 0.05) is 18.0 Å². The molecule has 0 spiro atoms. The van der Waals surface area contributed by atoms with Gasteiger partial charge in [-0.25, -0.2) is 14.8 Å². The van der Waals surface area contributed by atoms with E-state index in [-0.39, 0.29) is 0 Å². The molecule has 0 saturated carbocycles. The van der Waals surface area contributed by atoms with Crippen molar-refractivity contribution in [2.75, 3.05) is 14.2 Å². The first kappa shape index (κ1) is 18.1. The van der Waals surface area contributed by atoms with Crippen LogP contribution >= 0.6 is 0 Å². The van der Waals surface area contributed by atoms with Crippen molar-refractivity contribution < 1.29 is 14.3 Å². The normalized spacial score (nSPS) is 11.3. The van der Waals surface area contributed by atoms with Gasteiger partial charge in [-0.3, -0.25) is 4.40 Å². The summed E-state index contributed by atoms with van der Waals surface area (Å²) in [5.74, 6) is 0.378. The second-order valence-corrected chi connectivity index (χ2v) is 7.06. The first-order chi connectivity index (χ1) is 14.7. The van der Waals surface area contributed by atoms with Crippen LogP contribution in [0.2, 0.25) is 0 Å². The van der Waals surface area contributed by atoms with E-state index in [2.05, 4.69) is 12.1 Å². The van der Waals surface area contributed by atoms with Crippen LogP contribution in [-0.4, -0.2) is 34.6 Å². The maximum Gasteiger partial charge on any atom is 0.339 e. The van der Waals surface area contributed by atoms with E-state index in [1.165, 1.54) is 12.7 Å². The molecule has 0 aliphatic heterocycles. The molecule has 0 aliphatic rings. The number of esters is 1. The van der Waals surface area contributed by atoms with Crippen LogP contribution in [-0.2, 0) is 11.2 Å². The smallest absolute Gasteiger partial charge is 0.339 e. The largest absolute Gasteiger partial charge is 0.497 e. The Kier molecular flexibility index (Phi) is 4.32. The topological polar surface area (TPSA) is 65.7 Å². The zero-order chi connectivity index (χ0) is 20.7. The van der Waals surface area contributed by atoms with Crippen LogP contribution in [0.1, 0.15) is 21.5 Å². The highest BCUT2D eigenvalue weighted by molar-refractivity contribution is 5.97. The van der Waals surface area contributed by atoms with Crippen molar-refractivity contribution in [3.05, 3.63) is 83.6 Å². The van der Waals surface area contributed by atoms with Gasteiger partial charge in [0.15, 0.2) is 5.65 Å². The van der Waals surface area contributed by atoms with Crippen molar-refractivity contribution in [2.24, 2.45) is 0 Å². The minimum absolute atomic E-state index is 0.395. The molecular weight excluding hydrogens is 378 g/mol. The van der Waals surface area contributed by atoms with E-state index in [4.69, 9.17) is 19.4 Å². The Bertz CT molecular complexity index is 1410. The summed E-state index contributed by atoms with van der Waals surface area (Å²) in [5, 5.41) is 1.00. The van der Waals surface area contributed by atoms with Crippen LogP contribution < -0.4 is 4.74 Å². The van der Waals surface area contributed by atoms with E-state index in [1.807, 2.05) is 46.9 Å². The second kappa shape index (κ2) is 7.15. The molecule has 0 N–H and O–H groups in total. The first-order valence-electron chi connectivity index (χ1n) is 9.58. The summed E-state index contributed by atoms with van der Waals surface area (Å²) in [5.41, 5.74) is 5.79. The number of hydrogen-bond donors (Lipinski definition) is 0. The van der Waals surface area contributed by atoms with Crippen LogP contribution in [0.3, 0.4) is 0 Å². The zero-order valence-corrected chi connectivity index (χ0v) is 16.6. The molecule has 0 atom stereocenters. The fourth-order valence-electron chi connectivity index (χ4n) is 3.78. The number of aromatic nitrogens is 3. The Balaban J connectivity index is 1.84. The molecule has 5 rings (SSSR count). The minimum atomic E-state index is -0.395. The molecule has 3 heterocycles. The fourth-order valence-corrected chi connectivity index (χ4v) is 3.78. The van der Waals surface area contributed by atoms with Crippen LogP contribution in [0.15, 0.2) is 66.9 Å². The van der Waals surface area contributed by atoms with Crippen molar-refractivity contribution >= 4 is 33.7 Å². The van der Waals surface area contributed by atoms with Gasteiger partial charge in [0.05, 0.1) is 25.3 Å². The van der Waals surface area contributed by atoms with Crippen LogP contribution in [0.25, 0.3) is 27.7 Å². The van der Waals surface area contributed by atoms with Crippen LogP contribution in [0, 0.1) is 0 Å². The maximum atomic E-state index is 12.0. The van der Waals surface area contributed by atoms with Gasteiger partial charge in [-0.2, -0.15) is 0 Å². The van der Waals surface area contributed by atoms with E-state index >= 15 is 0 Å². The second-order valence-electron chi connectivity index (χ2n) is 7.06. The molecule has 0 amide bonds. The fraction of sp³-hybridized carbons (Fsp3) is 0.125. The maximum absolute atomic E-state index is 12.0. The zero-order valence-electron chi connectivity index (χ0n) is 16.6. The molecule has 0 bridgehead atoms. The van der Waals surface area contributed by atoms with Crippen LogP contribution in [0.4, 0.5) is 0 Å². The number of methoxy groups -OCH3 is 2. The van der Waals surface area contributed by atoms with E-state index < -0.39 is 5.97 Å². The number of ether oxygens (including phenoxy) is 2. The average molecular weight is 397 g/mol. The number of rotatable bonds is 4. The molecule has 0 aliphatic carbocycles. The van der Waals surface area contributed by atoms with E-state index in [0.717, 1.165) is 33.4 Å². The first-order valence-corrected chi connectivity index (χ1v) is 9.58. The van der Waals surface area contributed by atoms with Gasteiger partial charge in [0.25, 0.3) is 0 Å². The monoisotopic (exact) mass is 397 g/mol. The number of carbonyl (C=O) groups is 1. The molecule has 3 aromatic heterocycles. The Labute approximate surface area is 172 Å². The standard InChI is InChI=1S/C24H19N3O3/c1-29-17-9-10-20-18(13-17)19(12-15-6-4-3-5-7-15)22-23(25-20)27-14-16(24(28)30-2)8-11-21(27)26-22/h3-11,13-14H,12H2,1-2H3. The molecule has 2 aromatic carbocycles. The molecule has 6 nitrogen and oxygen atoms in total. The van der Waals surface area contributed by atoms with E-state index in [0.29, 0.717) is 17.6 Å². The molecule has 6 heteroatoms. The molecule has 0 unspecified atom stereocenters. The van der Waals surface area contributed by atoms with Gasteiger partial charge < -0.3 is 9.47 Å². The Morgan fingerprint density at radius 3 is 2.60 bits per heavy atom. The van der Waals surface area contributed by atoms with Crippen molar-refractivity contribution in [2.45, 2.75) is 6.42 Å². The van der Waals surface area contributed by atoms with Gasteiger partial charge in [-0.1, -0.05) is 30.3 Å². The Morgan fingerprint density at radius 1 is 1.00 bits per heavy atom. The summed E-state index contributed by atoms with van der Waals surface area (Å²) in [4.78, 5) is 21.7. The molecule has 5 aromatic rings. The highest BCUT2D eigenvalue weighted by Gasteiger charge is 2.17. The number of nitrogens with zero attached hydrogens (tertiary/aromatic N) is 3. The third-order valence-electron chi connectivity index (χ3n) is 5.28. The number of fused-ring (bicyclic) bond motifs is 4. The van der Waals surface area contributed by atoms with Gasteiger partial charge in [0.2, 0.25) is 0 Å². The van der Waals surface area contributed by atoms with E-state index in [9.17, 15) is 4.79 Å². The summed E-state index contributed by atoms with van der Waals surface area (Å²) in [6.45, 7) is 0. The van der Waals surface area contributed by atoms with Crippen molar-refractivity contribution in [1.82, 2.24) is 14.4 Å². The molecule has 0 saturated heterocycles. The Morgan fingerprint density at radius 2 is 1.83 bits per heavy atom. The summed E-state index contributed by atoms with van der Waals surface area (Å²) in [6, 6.07) is 19.6. The highest BCUT2D eigenvalue weighted by Crippen LogP contribution is 2.31. The number of carbonyl (C=O) groups excluding carboxylic acids is 1. The summed E-state index contributed by atoms with van der Waals surface area (Å²) in [6.07, 6.45) is 2.43. The van der Waals surface area contributed by atoms with Crippen LogP contribution in [0.5, 0.6) is 5.75 Å². The third kappa shape index (κ3) is 2.93. The molecule has 0 fully saturated rings. The van der Waals surface area contributed by atoms with Gasteiger partial charge in [-0.05, 0) is 41.5 Å². The molecular formula is C24H19N3O3. The summed E-state index contributed by atoms with van der Waals surface area (Å²) >= 11 is 0. The predicted molar refractivity (Wildman–Crippen MR) is 115 cm³/mol. The number of imidazole rings is 1. The van der Waals surface area contributed by atoms with Gasteiger partial charge in [-0.15, -0.1) is 0 Å². The van der Waals surface area contributed by atoms with Gasteiger partial charge >= 0.3 is 5.97 Å². The molecule has 0 radical (unpaired) electrons. The SMILES string of the molecule is COC(=O)c1ccc2nc3c(Cc4ccccc4)c4cc(OC)ccc4nc3n2c1. The lowest BCUT2D eigenvalue weighted by Gasteiger charge is -2.10. The molecule has 30 heavy (non-hydrogen) atoms. The Hall–Kier alpha value is -3.93. The summed E-state index contributed by atoms with van der Waals surface area (Å²) < 4.78 is 12.2. The number of benzene rings is 2. The number of hydrogen-bond acceptors (Lipinski definition) is 5. The van der Waals surface area contributed by atoms with Crippen molar-refractivity contribution in [3.63, 3.8) is 0 Å². The molecule has 148 valence electrons. The average Bonchev–Trinajstić information content (AvgIpc) is 3.16. The van der Waals surface area contributed by atoms with Crippen molar-refractivity contribution in [1.29, 1.82) is 0 Å². The quantitative estimate of drug-likeness (QED) is 0.420. The lowest BCUT2D eigenvalue weighted by Crippen LogP contribution is -2.03. The third-order valence-corrected chi connectivity index (χ3v) is 5.28. The lowest BCUT2D eigenvalue weighted by molar-refractivity contribution is 0.0600.